The molecule has 0 heterocycles. The van der Waals surface area contributed by atoms with E-state index in [0.29, 0.717) is 5.02 Å². The van der Waals surface area contributed by atoms with Crippen molar-refractivity contribution in [3.63, 3.8) is 0 Å². The van der Waals surface area contributed by atoms with Gasteiger partial charge >= 0.3 is 0 Å². The summed E-state index contributed by atoms with van der Waals surface area (Å²) in [6.45, 7) is 3.62. The van der Waals surface area contributed by atoms with E-state index in [0.717, 1.165) is 11.1 Å². The van der Waals surface area contributed by atoms with Crippen LogP contribution in [0.15, 0.2) is 18.2 Å². The Kier molecular flexibility index (Phi) is 4.58. The highest BCUT2D eigenvalue weighted by atomic mass is 35.5. The fourth-order valence-electron chi connectivity index (χ4n) is 1.72. The topological polar surface area (TPSA) is 46.2 Å². The highest BCUT2D eigenvalue weighted by Gasteiger charge is 2.26. The molecule has 1 aromatic carbocycles. The van der Waals surface area contributed by atoms with Crippen molar-refractivity contribution < 1.29 is 8.42 Å². The molecule has 0 bridgehead atoms. The zero-order valence-corrected chi connectivity index (χ0v) is 12.1. The second-order valence-electron chi connectivity index (χ2n) is 4.31. The molecule has 1 aromatic rings. The van der Waals surface area contributed by atoms with Crippen molar-refractivity contribution in [3.8, 4) is 0 Å². The van der Waals surface area contributed by atoms with Crippen molar-refractivity contribution >= 4 is 21.4 Å². The van der Waals surface area contributed by atoms with E-state index in [1.165, 1.54) is 6.26 Å². The zero-order chi connectivity index (χ0) is 13.2. The van der Waals surface area contributed by atoms with Gasteiger partial charge in [0.05, 0.1) is 5.25 Å². The van der Waals surface area contributed by atoms with Crippen molar-refractivity contribution in [1.29, 1.82) is 0 Å². The molecule has 5 heteroatoms. The maximum atomic E-state index is 11.6. The van der Waals surface area contributed by atoms with Gasteiger partial charge in [0.15, 0.2) is 9.84 Å². The van der Waals surface area contributed by atoms with E-state index in [1.807, 2.05) is 25.1 Å². The number of aryl methyl sites for hydroxylation is 1. The predicted molar refractivity (Wildman–Crippen MR) is 72.3 cm³/mol. The molecule has 0 radical (unpaired) electrons. The monoisotopic (exact) mass is 275 g/mol. The Bertz CT molecular complexity index is 499. The zero-order valence-electron chi connectivity index (χ0n) is 10.5. The summed E-state index contributed by atoms with van der Waals surface area (Å²) in [7, 11) is -1.34. The molecule has 0 aliphatic carbocycles. The van der Waals surface area contributed by atoms with Gasteiger partial charge in [0.25, 0.3) is 0 Å². The molecule has 0 saturated heterocycles. The van der Waals surface area contributed by atoms with Crippen LogP contribution in [0, 0.1) is 6.92 Å². The average Bonchev–Trinajstić information content (AvgIpc) is 2.23. The molecule has 17 heavy (non-hydrogen) atoms. The van der Waals surface area contributed by atoms with Gasteiger partial charge < -0.3 is 5.32 Å². The molecule has 0 amide bonds. The molecular weight excluding hydrogens is 258 g/mol. The Morgan fingerprint density at radius 2 is 1.94 bits per heavy atom. The number of halogens is 1. The number of benzene rings is 1. The van der Waals surface area contributed by atoms with Crippen molar-refractivity contribution in [2.24, 2.45) is 0 Å². The van der Waals surface area contributed by atoms with E-state index >= 15 is 0 Å². The molecule has 0 aromatic heterocycles. The third-order valence-corrected chi connectivity index (χ3v) is 5.04. The van der Waals surface area contributed by atoms with Gasteiger partial charge in [-0.1, -0.05) is 23.7 Å². The third-order valence-electron chi connectivity index (χ3n) is 3.01. The van der Waals surface area contributed by atoms with Crippen LogP contribution in [0.5, 0.6) is 0 Å². The highest BCUT2D eigenvalue weighted by Crippen LogP contribution is 2.25. The number of hydrogen-bond donors (Lipinski definition) is 1. The van der Waals surface area contributed by atoms with E-state index in [2.05, 4.69) is 5.32 Å². The van der Waals surface area contributed by atoms with Crippen LogP contribution in [0.1, 0.15) is 24.1 Å². The largest absolute Gasteiger partial charge is 0.312 e. The smallest absolute Gasteiger partial charge is 0.151 e. The summed E-state index contributed by atoms with van der Waals surface area (Å²) < 4.78 is 23.2. The summed E-state index contributed by atoms with van der Waals surface area (Å²) in [5.41, 5.74) is 1.87. The second kappa shape index (κ2) is 5.38. The Labute approximate surface area is 108 Å². The van der Waals surface area contributed by atoms with Crippen molar-refractivity contribution in [2.75, 3.05) is 13.3 Å². The first-order valence-corrected chi connectivity index (χ1v) is 7.72. The summed E-state index contributed by atoms with van der Waals surface area (Å²) in [6.07, 6.45) is 1.25. The molecule has 96 valence electrons. The van der Waals surface area contributed by atoms with Gasteiger partial charge in [-0.15, -0.1) is 0 Å². The van der Waals surface area contributed by atoms with Gasteiger partial charge in [-0.3, -0.25) is 0 Å². The fraction of sp³-hybridized carbons (Fsp3) is 0.500. The van der Waals surface area contributed by atoms with Crippen LogP contribution in [-0.2, 0) is 9.84 Å². The summed E-state index contributed by atoms with van der Waals surface area (Å²) in [6, 6.07) is 5.38. The number of nitrogens with one attached hydrogen (secondary N) is 1. The predicted octanol–water partition coefficient (Wildman–Crippen LogP) is 2.34. The van der Waals surface area contributed by atoms with Crippen LogP contribution in [0.4, 0.5) is 0 Å². The Hall–Kier alpha value is -0.580. The van der Waals surface area contributed by atoms with Crippen LogP contribution in [0.25, 0.3) is 0 Å². The molecule has 2 atom stereocenters. The molecule has 2 unspecified atom stereocenters. The Morgan fingerprint density at radius 1 is 1.35 bits per heavy atom. The van der Waals surface area contributed by atoms with Crippen LogP contribution in [-0.4, -0.2) is 27.0 Å². The molecule has 0 spiro atoms. The molecular formula is C12H18ClNO2S. The Balaban J connectivity index is 3.14. The average molecular weight is 276 g/mol. The lowest BCUT2D eigenvalue weighted by Gasteiger charge is -2.23. The maximum Gasteiger partial charge on any atom is 0.151 e. The lowest BCUT2D eigenvalue weighted by atomic mass is 10.0. The first kappa shape index (κ1) is 14.5. The summed E-state index contributed by atoms with van der Waals surface area (Å²) in [5, 5.41) is 3.20. The first-order chi connectivity index (χ1) is 7.77. The minimum Gasteiger partial charge on any atom is -0.312 e. The van der Waals surface area contributed by atoms with Crippen LogP contribution in [0.2, 0.25) is 5.02 Å². The maximum absolute atomic E-state index is 11.6. The van der Waals surface area contributed by atoms with Gasteiger partial charge in [-0.05, 0) is 38.1 Å². The molecule has 3 nitrogen and oxygen atoms in total. The summed E-state index contributed by atoms with van der Waals surface area (Å²) in [5.74, 6) is 0. The number of rotatable bonds is 4. The molecule has 0 saturated carbocycles. The molecule has 1 N–H and O–H groups in total. The first-order valence-electron chi connectivity index (χ1n) is 5.39. The summed E-state index contributed by atoms with van der Waals surface area (Å²) >= 11 is 6.06. The van der Waals surface area contributed by atoms with Gasteiger partial charge in [0.2, 0.25) is 0 Å². The molecule has 0 fully saturated rings. The standard InChI is InChI=1S/C12H18ClNO2S/c1-8-5-6-10(7-11(8)13)12(14-3)9(2)17(4,15)16/h5-7,9,12,14H,1-4H3. The fourth-order valence-corrected chi connectivity index (χ4v) is 2.70. The number of hydrogen-bond acceptors (Lipinski definition) is 3. The Morgan fingerprint density at radius 3 is 2.35 bits per heavy atom. The van der Waals surface area contributed by atoms with Crippen LogP contribution < -0.4 is 5.32 Å². The number of sulfone groups is 1. The van der Waals surface area contributed by atoms with E-state index in [4.69, 9.17) is 11.6 Å². The lowest BCUT2D eigenvalue weighted by Crippen LogP contribution is -2.32. The molecule has 1 rings (SSSR count). The van der Waals surface area contributed by atoms with E-state index < -0.39 is 15.1 Å². The SMILES string of the molecule is CNC(c1ccc(C)c(Cl)c1)C(C)S(C)(=O)=O. The normalized spacial score (nSPS) is 15.6. The van der Waals surface area contributed by atoms with Gasteiger partial charge in [-0.25, -0.2) is 8.42 Å². The minimum atomic E-state index is -3.09. The van der Waals surface area contributed by atoms with E-state index in [9.17, 15) is 8.42 Å². The summed E-state index contributed by atoms with van der Waals surface area (Å²) in [4.78, 5) is 0. The third kappa shape index (κ3) is 3.44. The van der Waals surface area contributed by atoms with Crippen LogP contribution >= 0.6 is 11.6 Å². The van der Waals surface area contributed by atoms with Gasteiger partial charge in [-0.2, -0.15) is 0 Å². The molecule has 0 aliphatic rings. The van der Waals surface area contributed by atoms with Crippen LogP contribution in [0.3, 0.4) is 0 Å². The quantitative estimate of drug-likeness (QED) is 0.917. The van der Waals surface area contributed by atoms with Crippen molar-refractivity contribution in [2.45, 2.75) is 25.1 Å². The van der Waals surface area contributed by atoms with E-state index in [1.54, 1.807) is 14.0 Å². The van der Waals surface area contributed by atoms with Crippen molar-refractivity contribution in [1.82, 2.24) is 5.32 Å². The second-order valence-corrected chi connectivity index (χ2v) is 7.12. The van der Waals surface area contributed by atoms with Gasteiger partial charge in [0, 0.05) is 17.3 Å². The van der Waals surface area contributed by atoms with E-state index in [-0.39, 0.29) is 6.04 Å². The van der Waals surface area contributed by atoms with Gasteiger partial charge in [0.1, 0.15) is 0 Å². The lowest BCUT2D eigenvalue weighted by molar-refractivity contribution is 0.535. The molecule has 0 aliphatic heterocycles. The highest BCUT2D eigenvalue weighted by molar-refractivity contribution is 7.91. The van der Waals surface area contributed by atoms with Crippen molar-refractivity contribution in [3.05, 3.63) is 34.3 Å². The minimum absolute atomic E-state index is 0.247.